The van der Waals surface area contributed by atoms with Crippen LogP contribution in [0.25, 0.3) is 11.3 Å². The predicted octanol–water partition coefficient (Wildman–Crippen LogP) is 3.20. The van der Waals surface area contributed by atoms with Crippen molar-refractivity contribution in [2.45, 2.75) is 0 Å². The van der Waals surface area contributed by atoms with Gasteiger partial charge in [0.15, 0.2) is 5.82 Å². The van der Waals surface area contributed by atoms with E-state index in [-0.39, 0.29) is 27.7 Å². The summed E-state index contributed by atoms with van der Waals surface area (Å²) in [4.78, 5) is 35.0. The molecule has 1 saturated heterocycles. The summed E-state index contributed by atoms with van der Waals surface area (Å²) in [6, 6.07) is 6.76. The average Bonchev–Trinajstić information content (AvgIpc) is 3.24. The SMILES string of the molecule is Cn1c(NCC2C3CN(C(=O)c4ccc(F)c(Cl)c4)CC23)nc(-c2ccncc2F)cc1=O. The van der Waals surface area contributed by atoms with E-state index >= 15 is 0 Å². The zero-order chi connectivity index (χ0) is 23.3. The van der Waals surface area contributed by atoms with Gasteiger partial charge in [0, 0.05) is 50.1 Å². The Balaban J connectivity index is 1.23. The highest BCUT2D eigenvalue weighted by molar-refractivity contribution is 6.31. The van der Waals surface area contributed by atoms with Gasteiger partial charge in [0.05, 0.1) is 16.9 Å². The fraction of sp³-hybridized carbons (Fsp3) is 0.304. The van der Waals surface area contributed by atoms with E-state index in [2.05, 4.69) is 15.3 Å². The summed E-state index contributed by atoms with van der Waals surface area (Å²) < 4.78 is 28.8. The number of aromatic nitrogens is 3. The molecule has 7 nitrogen and oxygen atoms in total. The summed E-state index contributed by atoms with van der Waals surface area (Å²) in [6.07, 6.45) is 2.53. The number of anilines is 1. The maximum atomic E-state index is 14.1. The van der Waals surface area contributed by atoms with Crippen LogP contribution in [0.5, 0.6) is 0 Å². The zero-order valence-electron chi connectivity index (χ0n) is 17.6. The van der Waals surface area contributed by atoms with Crippen LogP contribution in [-0.4, -0.2) is 45.0 Å². The number of hydrogen-bond acceptors (Lipinski definition) is 5. The van der Waals surface area contributed by atoms with E-state index in [9.17, 15) is 18.4 Å². The molecule has 1 saturated carbocycles. The maximum absolute atomic E-state index is 14.1. The molecule has 2 aromatic heterocycles. The van der Waals surface area contributed by atoms with Gasteiger partial charge in [0.2, 0.25) is 5.95 Å². The number of fused-ring (bicyclic) bond motifs is 1. The van der Waals surface area contributed by atoms with Crippen LogP contribution in [0.3, 0.4) is 0 Å². The number of piperidine rings is 1. The Bertz CT molecular complexity index is 1300. The minimum absolute atomic E-state index is 0.0701. The number of carbonyl (C=O) groups is 1. The minimum atomic E-state index is -0.553. The van der Waals surface area contributed by atoms with Crippen molar-refractivity contribution in [2.75, 3.05) is 25.0 Å². The van der Waals surface area contributed by atoms with Gasteiger partial charge >= 0.3 is 0 Å². The van der Waals surface area contributed by atoms with E-state index in [1.807, 2.05) is 0 Å². The van der Waals surface area contributed by atoms with E-state index in [0.717, 1.165) is 6.20 Å². The number of pyridine rings is 1. The molecular weight excluding hydrogens is 452 g/mol. The molecule has 1 aromatic carbocycles. The molecule has 33 heavy (non-hydrogen) atoms. The van der Waals surface area contributed by atoms with Gasteiger partial charge in [0.1, 0.15) is 5.82 Å². The molecule has 5 rings (SSSR count). The largest absolute Gasteiger partial charge is 0.355 e. The number of rotatable bonds is 5. The normalized spacial score (nSPS) is 21.1. The number of hydrogen-bond donors (Lipinski definition) is 1. The van der Waals surface area contributed by atoms with Crippen LogP contribution in [0.15, 0.2) is 47.5 Å². The second kappa shape index (κ2) is 8.22. The summed E-state index contributed by atoms with van der Waals surface area (Å²) >= 11 is 5.80. The molecule has 1 aliphatic carbocycles. The number of carbonyl (C=O) groups excluding carboxylic acids is 1. The van der Waals surface area contributed by atoms with Crippen LogP contribution >= 0.6 is 11.6 Å². The first kappa shape index (κ1) is 21.5. The monoisotopic (exact) mass is 471 g/mol. The summed E-state index contributed by atoms with van der Waals surface area (Å²) in [6.45, 7) is 1.81. The number of amides is 1. The van der Waals surface area contributed by atoms with Crippen molar-refractivity contribution in [3.63, 3.8) is 0 Å². The number of halogens is 3. The molecule has 2 fully saturated rings. The molecule has 1 N–H and O–H groups in total. The number of nitrogens with zero attached hydrogens (tertiary/aromatic N) is 4. The van der Waals surface area contributed by atoms with Gasteiger partial charge < -0.3 is 10.2 Å². The van der Waals surface area contributed by atoms with E-state index < -0.39 is 11.6 Å². The molecule has 3 aromatic rings. The Morgan fingerprint density at radius 2 is 1.94 bits per heavy atom. The van der Waals surface area contributed by atoms with Crippen molar-refractivity contribution < 1.29 is 13.6 Å². The van der Waals surface area contributed by atoms with Crippen molar-refractivity contribution in [1.82, 2.24) is 19.4 Å². The summed E-state index contributed by atoms with van der Waals surface area (Å²) in [5, 5.41) is 3.14. The van der Waals surface area contributed by atoms with Crippen LogP contribution in [0.1, 0.15) is 10.4 Å². The van der Waals surface area contributed by atoms with Gasteiger partial charge in [-0.2, -0.15) is 0 Å². The first-order valence-electron chi connectivity index (χ1n) is 10.5. The van der Waals surface area contributed by atoms with Gasteiger partial charge in [-0.15, -0.1) is 0 Å². The molecule has 0 spiro atoms. The van der Waals surface area contributed by atoms with E-state index in [1.54, 1.807) is 11.9 Å². The molecule has 3 heterocycles. The third-order valence-corrected chi connectivity index (χ3v) is 6.79. The fourth-order valence-corrected chi connectivity index (χ4v) is 4.74. The quantitative estimate of drug-likeness (QED) is 0.618. The van der Waals surface area contributed by atoms with Crippen LogP contribution in [0.2, 0.25) is 5.02 Å². The minimum Gasteiger partial charge on any atom is -0.355 e. The molecule has 1 aliphatic heterocycles. The van der Waals surface area contributed by atoms with Crippen molar-refractivity contribution >= 4 is 23.5 Å². The third-order valence-electron chi connectivity index (χ3n) is 6.50. The molecule has 2 unspecified atom stereocenters. The molecule has 170 valence electrons. The highest BCUT2D eigenvalue weighted by Gasteiger charge is 2.56. The van der Waals surface area contributed by atoms with Crippen molar-refractivity contribution in [2.24, 2.45) is 24.8 Å². The fourth-order valence-electron chi connectivity index (χ4n) is 4.56. The summed E-state index contributed by atoms with van der Waals surface area (Å²) in [5.41, 5.74) is 0.525. The predicted molar refractivity (Wildman–Crippen MR) is 119 cm³/mol. The van der Waals surface area contributed by atoms with E-state index in [4.69, 9.17) is 11.6 Å². The Morgan fingerprint density at radius 3 is 2.64 bits per heavy atom. The third kappa shape index (κ3) is 3.97. The lowest BCUT2D eigenvalue weighted by Gasteiger charge is -2.20. The van der Waals surface area contributed by atoms with Gasteiger partial charge in [-0.05, 0) is 42.0 Å². The average molecular weight is 472 g/mol. The summed E-state index contributed by atoms with van der Waals surface area (Å²) in [5.74, 6) is 0.115. The second-order valence-corrected chi connectivity index (χ2v) is 8.84. The highest BCUT2D eigenvalue weighted by atomic mass is 35.5. The smallest absolute Gasteiger partial charge is 0.255 e. The molecule has 2 aliphatic rings. The van der Waals surface area contributed by atoms with E-state index in [1.165, 1.54) is 41.1 Å². The van der Waals surface area contributed by atoms with Crippen LogP contribution in [0, 0.1) is 29.4 Å². The first-order chi connectivity index (χ1) is 15.8. The van der Waals surface area contributed by atoms with Crippen LogP contribution in [0.4, 0.5) is 14.7 Å². The standard InChI is InChI=1S/C23H20ClF2N5O2/c1-30-21(32)7-20(13-4-5-27-9-19(13)26)29-23(30)28-8-14-15-10-31(11-16(14)15)22(33)12-2-3-18(25)17(24)6-12/h2-7,9,14-16H,8,10-11H2,1H3,(H,28,29). The zero-order valence-corrected chi connectivity index (χ0v) is 18.4. The Morgan fingerprint density at radius 1 is 1.18 bits per heavy atom. The van der Waals surface area contributed by atoms with Crippen molar-refractivity contribution in [1.29, 1.82) is 0 Å². The Hall–Kier alpha value is -3.33. The molecular formula is C23H20ClF2N5O2. The molecule has 1 amide bonds. The first-order valence-corrected chi connectivity index (χ1v) is 10.9. The van der Waals surface area contributed by atoms with Gasteiger partial charge in [-0.25, -0.2) is 13.8 Å². The number of nitrogens with one attached hydrogen (secondary N) is 1. The van der Waals surface area contributed by atoms with Crippen molar-refractivity contribution in [3.8, 4) is 11.3 Å². The van der Waals surface area contributed by atoms with Gasteiger partial charge in [0.25, 0.3) is 11.5 Å². The highest BCUT2D eigenvalue weighted by Crippen LogP contribution is 2.51. The van der Waals surface area contributed by atoms with Gasteiger partial charge in [-0.1, -0.05) is 11.6 Å². The Labute approximate surface area is 193 Å². The van der Waals surface area contributed by atoms with Gasteiger partial charge in [-0.3, -0.25) is 19.1 Å². The second-order valence-electron chi connectivity index (χ2n) is 8.43. The molecule has 0 bridgehead atoms. The summed E-state index contributed by atoms with van der Waals surface area (Å²) in [7, 11) is 1.60. The Kier molecular flexibility index (Phi) is 5.36. The lowest BCUT2D eigenvalue weighted by Crippen LogP contribution is -2.32. The molecule has 0 radical (unpaired) electrons. The molecule has 10 heteroatoms. The van der Waals surface area contributed by atoms with E-state index in [0.29, 0.717) is 48.9 Å². The lowest BCUT2D eigenvalue weighted by atomic mass is 10.1. The number of benzene rings is 1. The van der Waals surface area contributed by atoms with Crippen LogP contribution < -0.4 is 10.9 Å². The molecule has 2 atom stereocenters. The number of likely N-dealkylation sites (tertiary alicyclic amines) is 1. The topological polar surface area (TPSA) is 80.1 Å². The maximum Gasteiger partial charge on any atom is 0.255 e. The van der Waals surface area contributed by atoms with Crippen molar-refractivity contribution in [3.05, 3.63) is 75.3 Å². The lowest BCUT2D eigenvalue weighted by molar-refractivity contribution is 0.0768. The van der Waals surface area contributed by atoms with Crippen LogP contribution in [-0.2, 0) is 7.05 Å².